The Morgan fingerprint density at radius 1 is 1.38 bits per heavy atom. The lowest BCUT2D eigenvalue weighted by Crippen LogP contribution is -2.41. The molecule has 0 bridgehead atoms. The second-order valence-electron chi connectivity index (χ2n) is 6.56. The average molecular weight is 315 g/mol. The summed E-state index contributed by atoms with van der Waals surface area (Å²) in [4.78, 5) is 11.8. The molecular formula is C15H23F2N3S. The zero-order valence-electron chi connectivity index (χ0n) is 13.1. The van der Waals surface area contributed by atoms with E-state index in [0.717, 1.165) is 9.88 Å². The molecule has 0 saturated carbocycles. The third kappa shape index (κ3) is 4.07. The summed E-state index contributed by atoms with van der Waals surface area (Å²) in [5, 5.41) is 1.06. The molecule has 118 valence electrons. The van der Waals surface area contributed by atoms with E-state index in [2.05, 4.69) is 35.6 Å². The number of aromatic nitrogens is 1. The highest BCUT2D eigenvalue weighted by Crippen LogP contribution is 2.35. The largest absolute Gasteiger partial charge is 0.299 e. The van der Waals surface area contributed by atoms with E-state index in [-0.39, 0.29) is 24.3 Å². The number of piperidine rings is 1. The molecule has 0 N–H and O–H groups in total. The van der Waals surface area contributed by atoms with Crippen LogP contribution in [0.3, 0.4) is 0 Å². The molecule has 6 heteroatoms. The van der Waals surface area contributed by atoms with Crippen molar-refractivity contribution in [2.75, 3.05) is 20.1 Å². The minimum absolute atomic E-state index is 0.00571. The van der Waals surface area contributed by atoms with Gasteiger partial charge in [-0.1, -0.05) is 20.8 Å². The van der Waals surface area contributed by atoms with Gasteiger partial charge in [-0.25, -0.2) is 13.8 Å². The Bertz CT molecular complexity index is 495. The van der Waals surface area contributed by atoms with E-state index in [1.807, 2.05) is 12.4 Å². The zero-order valence-corrected chi connectivity index (χ0v) is 13.9. The molecular weight excluding hydrogens is 292 g/mol. The molecule has 0 aromatic carbocycles. The van der Waals surface area contributed by atoms with Gasteiger partial charge in [0, 0.05) is 55.7 Å². The summed E-state index contributed by atoms with van der Waals surface area (Å²) in [6, 6.07) is -0.0419. The first kappa shape index (κ1) is 16.5. The van der Waals surface area contributed by atoms with Gasteiger partial charge >= 0.3 is 0 Å². The Morgan fingerprint density at radius 3 is 2.48 bits per heavy atom. The maximum absolute atomic E-state index is 13.3. The summed E-state index contributed by atoms with van der Waals surface area (Å²) in [7, 11) is 1.72. The molecule has 1 aliphatic rings. The van der Waals surface area contributed by atoms with Crippen molar-refractivity contribution in [2.24, 2.45) is 4.99 Å². The summed E-state index contributed by atoms with van der Waals surface area (Å²) >= 11 is 1.65. The third-order valence-corrected chi connectivity index (χ3v) is 5.16. The second kappa shape index (κ2) is 6.08. The number of rotatable bonds is 3. The van der Waals surface area contributed by atoms with E-state index >= 15 is 0 Å². The van der Waals surface area contributed by atoms with Crippen LogP contribution in [0, 0.1) is 0 Å². The Kier molecular flexibility index (Phi) is 4.78. The van der Waals surface area contributed by atoms with E-state index < -0.39 is 5.92 Å². The first-order valence-electron chi connectivity index (χ1n) is 7.23. The van der Waals surface area contributed by atoms with Gasteiger partial charge in [0.15, 0.2) is 0 Å². The van der Waals surface area contributed by atoms with Gasteiger partial charge in [-0.3, -0.25) is 9.89 Å². The first-order valence-corrected chi connectivity index (χ1v) is 8.05. The third-order valence-electron chi connectivity index (χ3n) is 3.67. The van der Waals surface area contributed by atoms with Crippen LogP contribution in [-0.2, 0) is 5.41 Å². The van der Waals surface area contributed by atoms with Crippen molar-refractivity contribution in [3.8, 4) is 0 Å². The fourth-order valence-corrected chi connectivity index (χ4v) is 3.46. The standard InChI is InChI=1S/C15H23F2N3S/c1-14(2,3)13-19-10-12(21-13)11(9-18-4)20-7-5-15(16,17)6-8-20/h9-11H,5-8H2,1-4H3. The molecule has 0 radical (unpaired) electrons. The minimum Gasteiger partial charge on any atom is -0.299 e. The number of aliphatic imine (C=N–C) groups is 1. The normalized spacial score (nSPS) is 21.8. The molecule has 2 heterocycles. The maximum Gasteiger partial charge on any atom is 0.250 e. The van der Waals surface area contributed by atoms with E-state index in [1.54, 1.807) is 18.4 Å². The minimum atomic E-state index is -2.52. The van der Waals surface area contributed by atoms with Crippen molar-refractivity contribution in [3.05, 3.63) is 16.1 Å². The van der Waals surface area contributed by atoms with Crippen molar-refractivity contribution in [1.29, 1.82) is 0 Å². The van der Waals surface area contributed by atoms with Gasteiger partial charge in [-0.15, -0.1) is 11.3 Å². The van der Waals surface area contributed by atoms with E-state index in [0.29, 0.717) is 13.1 Å². The zero-order chi connectivity index (χ0) is 15.7. The molecule has 0 amide bonds. The molecule has 1 aliphatic heterocycles. The van der Waals surface area contributed by atoms with Crippen LogP contribution < -0.4 is 0 Å². The van der Waals surface area contributed by atoms with Gasteiger partial charge in [0.25, 0.3) is 5.92 Å². The number of alkyl halides is 2. The van der Waals surface area contributed by atoms with Gasteiger partial charge in [-0.05, 0) is 0 Å². The van der Waals surface area contributed by atoms with Crippen molar-refractivity contribution < 1.29 is 8.78 Å². The van der Waals surface area contributed by atoms with Crippen LogP contribution in [0.15, 0.2) is 11.2 Å². The van der Waals surface area contributed by atoms with Crippen LogP contribution in [0.5, 0.6) is 0 Å². The lowest BCUT2D eigenvalue weighted by atomic mass is 9.98. The quantitative estimate of drug-likeness (QED) is 0.791. The summed E-state index contributed by atoms with van der Waals surface area (Å²) < 4.78 is 26.6. The van der Waals surface area contributed by atoms with E-state index in [1.165, 1.54) is 0 Å². The number of thiazole rings is 1. The highest BCUT2D eigenvalue weighted by atomic mass is 32.1. The summed E-state index contributed by atoms with van der Waals surface area (Å²) in [6.45, 7) is 7.17. The highest BCUT2D eigenvalue weighted by molar-refractivity contribution is 7.12. The summed E-state index contributed by atoms with van der Waals surface area (Å²) in [6.07, 6.45) is 3.55. The fourth-order valence-electron chi connectivity index (χ4n) is 2.39. The van der Waals surface area contributed by atoms with Gasteiger partial charge in [0.2, 0.25) is 0 Å². The molecule has 1 saturated heterocycles. The molecule has 1 aromatic heterocycles. The molecule has 1 fully saturated rings. The van der Waals surface area contributed by atoms with Gasteiger partial charge in [0.05, 0.1) is 11.0 Å². The van der Waals surface area contributed by atoms with Crippen LogP contribution in [0.25, 0.3) is 0 Å². The molecule has 21 heavy (non-hydrogen) atoms. The van der Waals surface area contributed by atoms with Crippen LogP contribution >= 0.6 is 11.3 Å². The SMILES string of the molecule is CN=CC(c1cnc(C(C)(C)C)s1)N1CCC(F)(F)CC1. The number of likely N-dealkylation sites (tertiary alicyclic amines) is 1. The van der Waals surface area contributed by atoms with Gasteiger partial charge < -0.3 is 0 Å². The monoisotopic (exact) mass is 315 g/mol. The van der Waals surface area contributed by atoms with E-state index in [9.17, 15) is 8.78 Å². The molecule has 2 rings (SSSR count). The van der Waals surface area contributed by atoms with Crippen molar-refractivity contribution >= 4 is 17.6 Å². The molecule has 1 atom stereocenters. The highest BCUT2D eigenvalue weighted by Gasteiger charge is 2.36. The Labute approximate surface area is 129 Å². The topological polar surface area (TPSA) is 28.5 Å². The van der Waals surface area contributed by atoms with Crippen molar-refractivity contribution in [1.82, 2.24) is 9.88 Å². The molecule has 0 spiro atoms. The van der Waals surface area contributed by atoms with Crippen molar-refractivity contribution in [3.63, 3.8) is 0 Å². The predicted octanol–water partition coefficient (Wildman–Crippen LogP) is 3.91. The Hall–Kier alpha value is -0.880. The fraction of sp³-hybridized carbons (Fsp3) is 0.733. The van der Waals surface area contributed by atoms with Crippen LogP contribution in [0.2, 0.25) is 0 Å². The van der Waals surface area contributed by atoms with Gasteiger partial charge in [0.1, 0.15) is 0 Å². The molecule has 0 aliphatic carbocycles. The smallest absolute Gasteiger partial charge is 0.250 e. The van der Waals surface area contributed by atoms with Gasteiger partial charge in [-0.2, -0.15) is 0 Å². The number of halogens is 2. The average Bonchev–Trinajstić information content (AvgIpc) is 2.86. The molecule has 1 aromatic rings. The predicted molar refractivity (Wildman–Crippen MR) is 83.7 cm³/mol. The van der Waals surface area contributed by atoms with E-state index in [4.69, 9.17) is 0 Å². The van der Waals surface area contributed by atoms with Crippen molar-refractivity contribution in [2.45, 2.75) is 51.0 Å². The van der Waals surface area contributed by atoms with Crippen LogP contribution in [-0.4, -0.2) is 42.2 Å². The van der Waals surface area contributed by atoms with Crippen LogP contribution in [0.1, 0.15) is 49.5 Å². The maximum atomic E-state index is 13.3. The Balaban J connectivity index is 2.18. The summed E-state index contributed by atoms with van der Waals surface area (Å²) in [5.41, 5.74) is 0.00571. The lowest BCUT2D eigenvalue weighted by Gasteiger charge is -2.35. The number of nitrogens with zero attached hydrogens (tertiary/aromatic N) is 3. The first-order chi connectivity index (χ1) is 9.73. The lowest BCUT2D eigenvalue weighted by molar-refractivity contribution is -0.0582. The Morgan fingerprint density at radius 2 is 2.00 bits per heavy atom. The second-order valence-corrected chi connectivity index (χ2v) is 7.62. The molecule has 1 unspecified atom stereocenters. The number of hydrogen-bond donors (Lipinski definition) is 0. The van der Waals surface area contributed by atoms with Crippen LogP contribution in [0.4, 0.5) is 8.78 Å². The summed E-state index contributed by atoms with van der Waals surface area (Å²) in [5.74, 6) is -2.52. The number of hydrogen-bond acceptors (Lipinski definition) is 4. The molecule has 3 nitrogen and oxygen atoms in total.